The van der Waals surface area contributed by atoms with Crippen LogP contribution < -0.4 is 16.1 Å². The Hall–Kier alpha value is -2.62. The molecule has 0 aromatic heterocycles. The maximum absolute atomic E-state index is 12.6. The quantitative estimate of drug-likeness (QED) is 0.142. The number of anilines is 2. The Labute approximate surface area is 193 Å². The third-order valence-electron chi connectivity index (χ3n) is 4.12. The molecule has 1 aliphatic heterocycles. The lowest BCUT2D eigenvalue weighted by atomic mass is 9.93. The van der Waals surface area contributed by atoms with Crippen LogP contribution in [-0.2, 0) is 9.63 Å². The van der Waals surface area contributed by atoms with Crippen molar-refractivity contribution in [1.82, 2.24) is 0 Å². The number of nitrogens with two attached hydrogens (primary N) is 1. The van der Waals surface area contributed by atoms with Gasteiger partial charge in [0, 0.05) is 25.7 Å². The Morgan fingerprint density at radius 3 is 2.28 bits per heavy atom. The molecule has 0 radical (unpaired) electrons. The summed E-state index contributed by atoms with van der Waals surface area (Å²) in [6, 6.07) is 7.05. The normalized spacial score (nSPS) is 17.1. The van der Waals surface area contributed by atoms with Crippen LogP contribution in [0.2, 0.25) is 0 Å². The lowest BCUT2D eigenvalue weighted by Gasteiger charge is -2.34. The standard InChI is InChI=1S/C19H28N4O3.C4H10.H2O2.H2/c1-19(2,3)16(24)12-17(20)22-18(25)15-6-5-11-26-23(15)14-9-7-13(21-4)8-10-14;1-4(2)3;1-2;/h7-10,12,15,21,24H,5-6,11H2,1-4H3,(H2,20,22,25);4H,1-3H3;1-2H;1H/b16-12-;;;/t15-;;;/m0.../s1. The molecule has 0 aliphatic carbocycles. The van der Waals surface area contributed by atoms with Gasteiger partial charge in [0.15, 0.2) is 0 Å². The maximum atomic E-state index is 12.6. The third-order valence-corrected chi connectivity index (χ3v) is 4.12. The van der Waals surface area contributed by atoms with Gasteiger partial charge < -0.3 is 16.2 Å². The molecule has 32 heavy (non-hydrogen) atoms. The van der Waals surface area contributed by atoms with Crippen LogP contribution in [0.4, 0.5) is 11.4 Å². The van der Waals surface area contributed by atoms with Crippen molar-refractivity contribution in [2.45, 2.75) is 60.4 Å². The number of carbonyl (C=O) groups excluding carboxylic acids is 1. The summed E-state index contributed by atoms with van der Waals surface area (Å²) in [4.78, 5) is 22.3. The van der Waals surface area contributed by atoms with E-state index in [9.17, 15) is 9.90 Å². The van der Waals surface area contributed by atoms with Gasteiger partial charge in [-0.15, -0.1) is 0 Å². The molecular formula is C23H42N4O5. The van der Waals surface area contributed by atoms with E-state index in [2.05, 4.69) is 31.1 Å². The summed E-state index contributed by atoms with van der Waals surface area (Å²) in [5.41, 5.74) is 7.12. The number of amidine groups is 1. The number of allylic oxidation sites excluding steroid dienone is 1. The van der Waals surface area contributed by atoms with Crippen LogP contribution in [0.3, 0.4) is 0 Å². The van der Waals surface area contributed by atoms with Crippen LogP contribution in [0, 0.1) is 11.3 Å². The van der Waals surface area contributed by atoms with Gasteiger partial charge in [-0.2, -0.15) is 4.99 Å². The van der Waals surface area contributed by atoms with Gasteiger partial charge in [-0.25, -0.2) is 5.06 Å². The fourth-order valence-corrected chi connectivity index (χ4v) is 2.49. The first-order valence-corrected chi connectivity index (χ1v) is 10.6. The number of carbonyl (C=O) groups is 1. The zero-order valence-corrected chi connectivity index (χ0v) is 20.3. The van der Waals surface area contributed by atoms with E-state index >= 15 is 0 Å². The lowest BCUT2D eigenvalue weighted by Crippen LogP contribution is -2.44. The number of hydrogen-bond donors (Lipinski definition) is 5. The number of rotatable bonds is 4. The predicted molar refractivity (Wildman–Crippen MR) is 132 cm³/mol. The Morgan fingerprint density at radius 1 is 1.28 bits per heavy atom. The van der Waals surface area contributed by atoms with Crippen molar-refractivity contribution in [1.29, 1.82) is 0 Å². The number of aliphatic hydroxyl groups excluding tert-OH is 1. The van der Waals surface area contributed by atoms with Crippen molar-refractivity contribution >= 4 is 23.1 Å². The molecule has 9 nitrogen and oxygen atoms in total. The molecule has 1 aromatic carbocycles. The van der Waals surface area contributed by atoms with E-state index in [1.807, 2.05) is 52.1 Å². The Balaban J connectivity index is 0. The lowest BCUT2D eigenvalue weighted by molar-refractivity contribution is -0.176. The molecule has 1 saturated heterocycles. The smallest absolute Gasteiger partial charge is 0.272 e. The number of amides is 1. The second-order valence-electron chi connectivity index (χ2n) is 9.00. The van der Waals surface area contributed by atoms with E-state index in [4.69, 9.17) is 21.1 Å². The summed E-state index contributed by atoms with van der Waals surface area (Å²) in [7, 11) is 1.84. The fraction of sp³-hybridized carbons (Fsp3) is 0.565. The van der Waals surface area contributed by atoms with Crippen LogP contribution in [0.1, 0.15) is 55.8 Å². The van der Waals surface area contributed by atoms with Gasteiger partial charge in [0.05, 0.1) is 12.3 Å². The zero-order valence-electron chi connectivity index (χ0n) is 20.3. The Bertz CT molecular complexity index is 743. The van der Waals surface area contributed by atoms with Gasteiger partial charge in [-0.05, 0) is 43.0 Å². The van der Waals surface area contributed by atoms with Crippen molar-refractivity contribution < 1.29 is 26.7 Å². The van der Waals surface area contributed by atoms with Gasteiger partial charge in [0.25, 0.3) is 5.91 Å². The second kappa shape index (κ2) is 14.4. The average molecular weight is 455 g/mol. The first-order valence-electron chi connectivity index (χ1n) is 10.6. The van der Waals surface area contributed by atoms with E-state index < -0.39 is 17.4 Å². The van der Waals surface area contributed by atoms with Crippen LogP contribution in [0.15, 0.2) is 41.1 Å². The highest BCUT2D eigenvalue weighted by Crippen LogP contribution is 2.26. The third kappa shape index (κ3) is 10.6. The van der Waals surface area contributed by atoms with E-state index in [1.54, 1.807) is 5.06 Å². The molecule has 0 saturated carbocycles. The number of hydrogen-bond acceptors (Lipinski definition) is 7. The molecule has 1 heterocycles. The maximum Gasteiger partial charge on any atom is 0.272 e. The van der Waals surface area contributed by atoms with Crippen molar-refractivity contribution in [2.24, 2.45) is 22.1 Å². The highest BCUT2D eigenvalue weighted by atomic mass is 17.0. The minimum Gasteiger partial charge on any atom is -0.512 e. The first kappa shape index (κ1) is 29.4. The summed E-state index contributed by atoms with van der Waals surface area (Å²) in [5.74, 6) is 0.502. The topological polar surface area (TPSA) is 141 Å². The van der Waals surface area contributed by atoms with Crippen LogP contribution in [0.5, 0.6) is 0 Å². The van der Waals surface area contributed by atoms with Crippen LogP contribution in [-0.4, -0.2) is 47.1 Å². The Kier molecular flexibility index (Phi) is 13.3. The molecule has 6 N–H and O–H groups in total. The molecule has 0 spiro atoms. The molecule has 1 aliphatic rings. The van der Waals surface area contributed by atoms with Crippen molar-refractivity contribution in [3.63, 3.8) is 0 Å². The summed E-state index contributed by atoms with van der Waals surface area (Å²) in [5, 5.41) is 26.7. The van der Waals surface area contributed by atoms with Gasteiger partial charge in [0.1, 0.15) is 17.6 Å². The monoisotopic (exact) mass is 454 g/mol. The molecule has 1 atom stereocenters. The zero-order chi connectivity index (χ0) is 24.9. The summed E-state index contributed by atoms with van der Waals surface area (Å²) in [6.45, 7) is 12.6. The van der Waals surface area contributed by atoms with Gasteiger partial charge in [-0.3, -0.25) is 20.1 Å². The van der Waals surface area contributed by atoms with Crippen LogP contribution >= 0.6 is 0 Å². The average Bonchev–Trinajstić information content (AvgIpc) is 2.74. The van der Waals surface area contributed by atoms with Crippen molar-refractivity contribution in [3.8, 4) is 0 Å². The molecule has 9 heteroatoms. The largest absolute Gasteiger partial charge is 0.512 e. The SMILES string of the molecule is CC(C)C.CNc1ccc(N2OCCC[C@H]2C(=O)N=C(N)/C=C(\O)C(C)(C)C)cc1.OO.[HH]. The molecule has 0 bridgehead atoms. The summed E-state index contributed by atoms with van der Waals surface area (Å²) < 4.78 is 0. The molecule has 0 unspecified atom stereocenters. The van der Waals surface area contributed by atoms with Gasteiger partial charge >= 0.3 is 0 Å². The number of hydroxylamine groups is 1. The number of nitrogens with zero attached hydrogens (tertiary/aromatic N) is 2. The molecular weight excluding hydrogens is 412 g/mol. The van der Waals surface area contributed by atoms with E-state index in [0.717, 1.165) is 23.7 Å². The molecule has 1 aromatic rings. The summed E-state index contributed by atoms with van der Waals surface area (Å²) in [6.07, 6.45) is 2.71. The highest BCUT2D eigenvalue weighted by molar-refractivity contribution is 6.02. The van der Waals surface area contributed by atoms with Gasteiger partial charge in [0.2, 0.25) is 0 Å². The van der Waals surface area contributed by atoms with E-state index in [1.165, 1.54) is 6.08 Å². The minimum absolute atomic E-state index is 0. The number of benzene rings is 1. The first-order chi connectivity index (χ1) is 15.0. The predicted octanol–water partition coefficient (Wildman–Crippen LogP) is 4.93. The molecule has 184 valence electrons. The summed E-state index contributed by atoms with van der Waals surface area (Å²) >= 11 is 0. The number of aliphatic imine (C=N–C) groups is 1. The molecule has 1 fully saturated rings. The fourth-order valence-electron chi connectivity index (χ4n) is 2.49. The molecule has 2 rings (SSSR count). The molecule has 1 amide bonds. The number of nitrogens with one attached hydrogen (secondary N) is 1. The van der Waals surface area contributed by atoms with E-state index in [-0.39, 0.29) is 13.0 Å². The minimum atomic E-state index is -0.548. The van der Waals surface area contributed by atoms with E-state index in [0.29, 0.717) is 13.0 Å². The van der Waals surface area contributed by atoms with Crippen molar-refractivity contribution in [3.05, 3.63) is 36.1 Å². The van der Waals surface area contributed by atoms with Crippen molar-refractivity contribution in [2.75, 3.05) is 24.0 Å². The van der Waals surface area contributed by atoms with Crippen LogP contribution in [0.25, 0.3) is 0 Å². The highest BCUT2D eigenvalue weighted by Gasteiger charge is 2.30. The number of aliphatic hydroxyl groups is 1. The Morgan fingerprint density at radius 2 is 1.81 bits per heavy atom. The van der Waals surface area contributed by atoms with Gasteiger partial charge in [-0.1, -0.05) is 41.5 Å². The second-order valence-corrected chi connectivity index (χ2v) is 9.00.